The van der Waals surface area contributed by atoms with E-state index in [1.807, 2.05) is 35.9 Å². The molecular formula is C19H15N3O. The topological polar surface area (TPSA) is 71.8 Å². The van der Waals surface area contributed by atoms with Crippen LogP contribution in [0.2, 0.25) is 0 Å². The van der Waals surface area contributed by atoms with Gasteiger partial charge in [0.15, 0.2) is 0 Å². The summed E-state index contributed by atoms with van der Waals surface area (Å²) in [5.41, 5.74) is 10.2. The van der Waals surface area contributed by atoms with Crippen LogP contribution in [0, 0.1) is 18.3 Å². The van der Waals surface area contributed by atoms with Gasteiger partial charge in [0.1, 0.15) is 6.07 Å². The van der Waals surface area contributed by atoms with Crippen molar-refractivity contribution in [2.45, 2.75) is 6.92 Å². The van der Waals surface area contributed by atoms with Crippen molar-refractivity contribution in [3.63, 3.8) is 0 Å². The van der Waals surface area contributed by atoms with Crippen LogP contribution < -0.4 is 5.73 Å². The van der Waals surface area contributed by atoms with Gasteiger partial charge in [0.25, 0.3) is 0 Å². The lowest BCUT2D eigenvalue weighted by atomic mass is 10.0. The zero-order chi connectivity index (χ0) is 16.4. The van der Waals surface area contributed by atoms with E-state index in [0.29, 0.717) is 11.1 Å². The van der Waals surface area contributed by atoms with Gasteiger partial charge in [-0.2, -0.15) is 5.26 Å². The fourth-order valence-corrected chi connectivity index (χ4v) is 2.53. The molecule has 1 heterocycles. The van der Waals surface area contributed by atoms with Gasteiger partial charge in [-0.3, -0.25) is 4.79 Å². The van der Waals surface area contributed by atoms with Crippen LogP contribution in [0.5, 0.6) is 0 Å². The van der Waals surface area contributed by atoms with Crippen LogP contribution in [0.1, 0.15) is 21.5 Å². The van der Waals surface area contributed by atoms with Gasteiger partial charge in [-0.1, -0.05) is 29.8 Å². The molecule has 0 unspecified atom stereocenters. The molecule has 0 aliphatic heterocycles. The lowest BCUT2D eigenvalue weighted by molar-refractivity contribution is 0.100. The van der Waals surface area contributed by atoms with Crippen LogP contribution in [0.4, 0.5) is 0 Å². The molecule has 0 radical (unpaired) electrons. The summed E-state index contributed by atoms with van der Waals surface area (Å²) in [5.74, 6) is -0.456. The summed E-state index contributed by atoms with van der Waals surface area (Å²) >= 11 is 0. The monoisotopic (exact) mass is 301 g/mol. The number of carbonyl (C=O) groups is 1. The van der Waals surface area contributed by atoms with Crippen molar-refractivity contribution >= 4 is 5.91 Å². The summed E-state index contributed by atoms with van der Waals surface area (Å²) < 4.78 is 1.88. The van der Waals surface area contributed by atoms with Crippen molar-refractivity contribution in [2.75, 3.05) is 0 Å². The molecule has 0 aliphatic rings. The van der Waals surface area contributed by atoms with Gasteiger partial charge in [-0.25, -0.2) is 0 Å². The Morgan fingerprint density at radius 3 is 2.48 bits per heavy atom. The molecule has 0 bridgehead atoms. The fraction of sp³-hybridized carbons (Fsp3) is 0.0526. The molecule has 0 aliphatic carbocycles. The van der Waals surface area contributed by atoms with Crippen molar-refractivity contribution in [3.05, 3.63) is 77.6 Å². The first-order valence-corrected chi connectivity index (χ1v) is 7.18. The van der Waals surface area contributed by atoms with Crippen LogP contribution in [-0.2, 0) is 0 Å². The molecule has 1 amide bonds. The fourth-order valence-electron chi connectivity index (χ4n) is 2.53. The molecule has 1 aromatic heterocycles. The smallest absolute Gasteiger partial charge is 0.248 e. The van der Waals surface area contributed by atoms with Crippen LogP contribution in [0.25, 0.3) is 16.8 Å². The first-order valence-electron chi connectivity index (χ1n) is 7.18. The normalized spacial score (nSPS) is 10.3. The number of hydrogen-bond acceptors (Lipinski definition) is 2. The molecular weight excluding hydrogens is 286 g/mol. The molecule has 0 atom stereocenters. The Hall–Kier alpha value is -3.32. The van der Waals surface area contributed by atoms with E-state index < -0.39 is 5.91 Å². The molecule has 23 heavy (non-hydrogen) atoms. The second-order valence-corrected chi connectivity index (χ2v) is 5.39. The highest BCUT2D eigenvalue weighted by Crippen LogP contribution is 2.27. The molecule has 112 valence electrons. The Labute approximate surface area is 134 Å². The number of aromatic nitrogens is 1. The van der Waals surface area contributed by atoms with Gasteiger partial charge >= 0.3 is 0 Å². The van der Waals surface area contributed by atoms with Gasteiger partial charge in [0.05, 0.1) is 5.56 Å². The number of hydrogen-bond donors (Lipinski definition) is 1. The molecule has 0 fully saturated rings. The summed E-state index contributed by atoms with van der Waals surface area (Å²) in [6, 6.07) is 17.2. The molecule has 4 nitrogen and oxygen atoms in total. The molecule has 0 saturated heterocycles. The molecule has 3 aromatic rings. The minimum Gasteiger partial charge on any atom is -0.366 e. The zero-order valence-corrected chi connectivity index (χ0v) is 12.7. The van der Waals surface area contributed by atoms with Crippen molar-refractivity contribution in [2.24, 2.45) is 5.73 Å². The molecule has 0 saturated carbocycles. The number of rotatable bonds is 3. The minimum absolute atomic E-state index is 0.456. The largest absolute Gasteiger partial charge is 0.366 e. The number of aryl methyl sites for hydroxylation is 1. The maximum atomic E-state index is 11.1. The van der Waals surface area contributed by atoms with Gasteiger partial charge in [-0.05, 0) is 36.8 Å². The lowest BCUT2D eigenvalue weighted by Crippen LogP contribution is -2.10. The number of benzene rings is 2. The summed E-state index contributed by atoms with van der Waals surface area (Å²) in [4.78, 5) is 11.1. The average molecular weight is 301 g/mol. The first-order chi connectivity index (χ1) is 11.1. The Bertz CT molecular complexity index is 915. The van der Waals surface area contributed by atoms with E-state index in [0.717, 1.165) is 22.4 Å². The Morgan fingerprint density at radius 2 is 1.87 bits per heavy atom. The van der Waals surface area contributed by atoms with E-state index in [2.05, 4.69) is 12.1 Å². The molecule has 3 rings (SSSR count). The predicted octanol–water partition coefficient (Wildman–Crippen LogP) is 3.42. The van der Waals surface area contributed by atoms with Crippen molar-refractivity contribution in [1.82, 2.24) is 4.57 Å². The molecule has 2 N–H and O–H groups in total. The third kappa shape index (κ3) is 2.85. The highest BCUT2D eigenvalue weighted by Gasteiger charge is 2.10. The number of amides is 1. The van der Waals surface area contributed by atoms with Gasteiger partial charge in [0, 0.05) is 29.2 Å². The SMILES string of the molecule is Cc1cccc(-c2cn(-c3ccc(C(N)=O)cc3)cc2C#N)c1. The zero-order valence-electron chi connectivity index (χ0n) is 12.7. The number of nitriles is 1. The highest BCUT2D eigenvalue weighted by atomic mass is 16.1. The van der Waals surface area contributed by atoms with Crippen molar-refractivity contribution in [1.29, 1.82) is 5.26 Å². The quantitative estimate of drug-likeness (QED) is 0.805. The number of nitrogens with zero attached hydrogens (tertiary/aromatic N) is 2. The summed E-state index contributed by atoms with van der Waals surface area (Å²) in [6.07, 6.45) is 3.71. The number of nitrogens with two attached hydrogens (primary N) is 1. The Balaban J connectivity index is 2.05. The third-order valence-corrected chi connectivity index (χ3v) is 3.73. The third-order valence-electron chi connectivity index (χ3n) is 3.73. The summed E-state index contributed by atoms with van der Waals surface area (Å²) in [5, 5.41) is 9.40. The van der Waals surface area contributed by atoms with E-state index in [1.165, 1.54) is 0 Å². The highest BCUT2D eigenvalue weighted by molar-refractivity contribution is 5.92. The molecule has 4 heteroatoms. The molecule has 0 spiro atoms. The lowest BCUT2D eigenvalue weighted by Gasteiger charge is -2.03. The van der Waals surface area contributed by atoms with E-state index >= 15 is 0 Å². The average Bonchev–Trinajstić information content (AvgIpc) is 2.99. The molecule has 2 aromatic carbocycles. The second-order valence-electron chi connectivity index (χ2n) is 5.39. The van der Waals surface area contributed by atoms with Gasteiger partial charge in [-0.15, -0.1) is 0 Å². The number of primary amides is 1. The minimum atomic E-state index is -0.456. The summed E-state index contributed by atoms with van der Waals surface area (Å²) in [6.45, 7) is 2.02. The predicted molar refractivity (Wildman–Crippen MR) is 89.2 cm³/mol. The van der Waals surface area contributed by atoms with Crippen molar-refractivity contribution < 1.29 is 4.79 Å². The van der Waals surface area contributed by atoms with Crippen LogP contribution in [-0.4, -0.2) is 10.5 Å². The van der Waals surface area contributed by atoms with E-state index in [-0.39, 0.29) is 0 Å². The Morgan fingerprint density at radius 1 is 1.13 bits per heavy atom. The van der Waals surface area contributed by atoms with Crippen molar-refractivity contribution in [3.8, 4) is 22.9 Å². The maximum Gasteiger partial charge on any atom is 0.248 e. The van der Waals surface area contributed by atoms with E-state index in [1.54, 1.807) is 30.5 Å². The van der Waals surface area contributed by atoms with Crippen LogP contribution >= 0.6 is 0 Å². The summed E-state index contributed by atoms with van der Waals surface area (Å²) in [7, 11) is 0. The van der Waals surface area contributed by atoms with E-state index in [4.69, 9.17) is 5.73 Å². The van der Waals surface area contributed by atoms with Crippen LogP contribution in [0.3, 0.4) is 0 Å². The standard InChI is InChI=1S/C19H15N3O/c1-13-3-2-4-15(9-13)18-12-22(11-16(18)10-20)17-7-5-14(6-8-17)19(21)23/h2-9,11-12H,1H3,(H2,21,23). The Kier molecular flexibility index (Phi) is 3.70. The van der Waals surface area contributed by atoms with Crippen LogP contribution in [0.15, 0.2) is 60.9 Å². The van der Waals surface area contributed by atoms with E-state index in [9.17, 15) is 10.1 Å². The maximum absolute atomic E-state index is 11.1. The second kappa shape index (κ2) is 5.82. The number of carbonyl (C=O) groups excluding carboxylic acids is 1. The first kappa shape index (κ1) is 14.6. The van der Waals surface area contributed by atoms with Gasteiger partial charge in [0.2, 0.25) is 5.91 Å². The van der Waals surface area contributed by atoms with Gasteiger partial charge < -0.3 is 10.3 Å².